The van der Waals surface area contributed by atoms with Crippen molar-refractivity contribution in [3.05, 3.63) is 72.2 Å². The highest BCUT2D eigenvalue weighted by Gasteiger charge is 2.27. The molecule has 8 heteroatoms. The van der Waals surface area contributed by atoms with E-state index in [0.29, 0.717) is 5.92 Å². The number of aromatic nitrogens is 7. The first-order chi connectivity index (χ1) is 16.1. The Labute approximate surface area is 190 Å². The second kappa shape index (κ2) is 7.58. The second-order valence-corrected chi connectivity index (χ2v) is 8.61. The third kappa shape index (κ3) is 3.38. The Balaban J connectivity index is 1.53. The highest BCUT2D eigenvalue weighted by Crippen LogP contribution is 2.39. The Morgan fingerprint density at radius 2 is 1.85 bits per heavy atom. The Morgan fingerprint density at radius 3 is 2.52 bits per heavy atom. The molecule has 5 aromatic rings. The summed E-state index contributed by atoms with van der Waals surface area (Å²) in [7, 11) is 0. The molecule has 0 amide bonds. The molecule has 1 fully saturated rings. The first kappa shape index (κ1) is 19.7. The number of rotatable bonds is 5. The molecule has 5 aromatic heterocycles. The Bertz CT molecular complexity index is 1430. The van der Waals surface area contributed by atoms with E-state index in [9.17, 15) is 0 Å². The van der Waals surface area contributed by atoms with Gasteiger partial charge in [-0.25, -0.2) is 19.9 Å². The molecule has 6 rings (SSSR count). The fourth-order valence-electron chi connectivity index (χ4n) is 4.28. The average molecular weight is 438 g/mol. The third-order valence-electron chi connectivity index (χ3n) is 6.27. The molecular weight excluding hydrogens is 414 g/mol. The first-order valence-corrected chi connectivity index (χ1v) is 11.1. The number of hydrogen-bond acceptors (Lipinski definition) is 7. The van der Waals surface area contributed by atoms with Crippen molar-refractivity contribution in [3.8, 4) is 22.4 Å². The van der Waals surface area contributed by atoms with Gasteiger partial charge in [-0.3, -0.25) is 4.98 Å². The zero-order chi connectivity index (χ0) is 22.5. The molecule has 1 atom stereocenters. The van der Waals surface area contributed by atoms with Crippen molar-refractivity contribution in [2.75, 3.05) is 0 Å². The minimum Gasteiger partial charge on any atom is -0.361 e. The predicted molar refractivity (Wildman–Crippen MR) is 124 cm³/mol. The molecule has 1 aliphatic rings. The number of pyridine rings is 1. The fraction of sp³-hybridized carbons (Fsp3) is 0.280. The smallest absolute Gasteiger partial charge is 0.160 e. The van der Waals surface area contributed by atoms with Crippen molar-refractivity contribution in [1.82, 2.24) is 34.6 Å². The molecule has 164 valence electrons. The van der Waals surface area contributed by atoms with Gasteiger partial charge in [0, 0.05) is 41.8 Å². The van der Waals surface area contributed by atoms with Crippen LogP contribution in [0.25, 0.3) is 33.5 Å². The van der Waals surface area contributed by atoms with E-state index in [1.165, 1.54) is 12.8 Å². The van der Waals surface area contributed by atoms with Crippen molar-refractivity contribution >= 4 is 11.2 Å². The van der Waals surface area contributed by atoms with Gasteiger partial charge in [-0.1, -0.05) is 11.2 Å². The monoisotopic (exact) mass is 437 g/mol. The fourth-order valence-corrected chi connectivity index (χ4v) is 4.28. The van der Waals surface area contributed by atoms with E-state index in [0.717, 1.165) is 56.5 Å². The Morgan fingerprint density at radius 1 is 1.03 bits per heavy atom. The maximum atomic E-state index is 5.37. The molecule has 0 N–H and O–H groups in total. The van der Waals surface area contributed by atoms with E-state index in [4.69, 9.17) is 14.5 Å². The van der Waals surface area contributed by atoms with Crippen LogP contribution in [0.2, 0.25) is 0 Å². The minimum absolute atomic E-state index is 0.0386. The predicted octanol–water partition coefficient (Wildman–Crippen LogP) is 5.04. The van der Waals surface area contributed by atoms with Crippen LogP contribution in [0, 0.1) is 13.8 Å². The largest absolute Gasteiger partial charge is 0.361 e. The molecule has 0 spiro atoms. The zero-order valence-electron chi connectivity index (χ0n) is 18.7. The second-order valence-electron chi connectivity index (χ2n) is 8.61. The van der Waals surface area contributed by atoms with Gasteiger partial charge in [-0.2, -0.15) is 0 Å². The number of hydrogen-bond donors (Lipinski definition) is 0. The van der Waals surface area contributed by atoms with Crippen molar-refractivity contribution in [1.29, 1.82) is 0 Å². The van der Waals surface area contributed by atoms with Crippen LogP contribution in [0.15, 0.2) is 53.7 Å². The summed E-state index contributed by atoms with van der Waals surface area (Å²) in [5.74, 6) is 2.17. The molecule has 0 saturated heterocycles. The lowest BCUT2D eigenvalue weighted by Gasteiger charge is -2.14. The van der Waals surface area contributed by atoms with Crippen molar-refractivity contribution in [2.24, 2.45) is 0 Å². The summed E-state index contributed by atoms with van der Waals surface area (Å²) in [5, 5.41) is 4.08. The summed E-state index contributed by atoms with van der Waals surface area (Å²) in [6, 6.07) is 5.90. The quantitative estimate of drug-likeness (QED) is 0.380. The molecule has 0 bridgehead atoms. The third-order valence-corrected chi connectivity index (χ3v) is 6.27. The lowest BCUT2D eigenvalue weighted by atomic mass is 10.1. The summed E-state index contributed by atoms with van der Waals surface area (Å²) in [4.78, 5) is 23.6. The number of fused-ring (bicyclic) bond motifs is 1. The van der Waals surface area contributed by atoms with Crippen molar-refractivity contribution < 1.29 is 4.52 Å². The summed E-state index contributed by atoms with van der Waals surface area (Å²) in [5.41, 5.74) is 6.80. The topological polar surface area (TPSA) is 95.4 Å². The zero-order valence-corrected chi connectivity index (χ0v) is 18.7. The summed E-state index contributed by atoms with van der Waals surface area (Å²) in [6.45, 7) is 5.92. The van der Waals surface area contributed by atoms with E-state index in [2.05, 4.69) is 37.8 Å². The van der Waals surface area contributed by atoms with Crippen LogP contribution in [0.4, 0.5) is 0 Å². The van der Waals surface area contributed by atoms with Gasteiger partial charge < -0.3 is 9.09 Å². The van der Waals surface area contributed by atoms with E-state index >= 15 is 0 Å². The van der Waals surface area contributed by atoms with Gasteiger partial charge >= 0.3 is 0 Å². The lowest BCUT2D eigenvalue weighted by molar-refractivity contribution is 0.393. The van der Waals surface area contributed by atoms with E-state index < -0.39 is 0 Å². The normalized spacial score (nSPS) is 14.6. The summed E-state index contributed by atoms with van der Waals surface area (Å²) >= 11 is 0. The lowest BCUT2D eigenvalue weighted by Crippen LogP contribution is -2.08. The summed E-state index contributed by atoms with van der Waals surface area (Å²) < 4.78 is 7.49. The van der Waals surface area contributed by atoms with Gasteiger partial charge in [0.25, 0.3) is 0 Å². The number of aryl methyl sites for hydroxylation is 2. The van der Waals surface area contributed by atoms with Gasteiger partial charge in [0.05, 0.1) is 34.9 Å². The van der Waals surface area contributed by atoms with Crippen LogP contribution in [0.1, 0.15) is 54.7 Å². The average Bonchev–Trinajstić information content (AvgIpc) is 3.56. The summed E-state index contributed by atoms with van der Waals surface area (Å²) in [6.07, 6.45) is 11.8. The Hall–Kier alpha value is -3.94. The molecule has 0 aromatic carbocycles. The van der Waals surface area contributed by atoms with Crippen molar-refractivity contribution in [3.63, 3.8) is 0 Å². The molecule has 8 nitrogen and oxygen atoms in total. The van der Waals surface area contributed by atoms with E-state index in [1.54, 1.807) is 6.20 Å². The minimum atomic E-state index is -0.0386. The van der Waals surface area contributed by atoms with Crippen molar-refractivity contribution in [2.45, 2.75) is 45.6 Å². The first-order valence-electron chi connectivity index (χ1n) is 11.1. The Kier molecular flexibility index (Phi) is 4.53. The highest BCUT2D eigenvalue weighted by molar-refractivity contribution is 5.91. The van der Waals surface area contributed by atoms with Crippen LogP contribution < -0.4 is 0 Å². The van der Waals surface area contributed by atoms with Crippen LogP contribution in [-0.4, -0.2) is 34.6 Å². The van der Waals surface area contributed by atoms with Crippen LogP contribution in [-0.2, 0) is 0 Å². The van der Waals surface area contributed by atoms with E-state index in [1.807, 2.05) is 50.6 Å². The maximum Gasteiger partial charge on any atom is 0.160 e. The SMILES string of the molecule is Cc1noc(C)c1-c1cnc2c(-c3cnc(C4CC4)nc3)cn([C@@H](C)c3ccccn3)c2n1. The molecule has 0 unspecified atom stereocenters. The van der Waals surface area contributed by atoms with E-state index in [-0.39, 0.29) is 6.04 Å². The molecular formula is C25H23N7O. The van der Waals surface area contributed by atoms with Crippen LogP contribution in [0.5, 0.6) is 0 Å². The number of nitrogens with zero attached hydrogens (tertiary/aromatic N) is 7. The molecule has 0 radical (unpaired) electrons. The van der Waals surface area contributed by atoms with Gasteiger partial charge in [0.2, 0.25) is 0 Å². The molecule has 5 heterocycles. The maximum absolute atomic E-state index is 5.37. The standard InChI is InChI=1S/C25H23N7O/c1-14-22(16(3)33-31-14)21-12-27-23-19(18-10-28-24(29-11-18)17-7-8-17)13-32(25(23)30-21)15(2)20-6-4-5-9-26-20/h4-6,9-13,15,17H,7-8H2,1-3H3/t15-/m0/s1. The van der Waals surface area contributed by atoms with Gasteiger partial charge in [0.15, 0.2) is 5.65 Å². The van der Waals surface area contributed by atoms with Crippen LogP contribution in [0.3, 0.4) is 0 Å². The van der Waals surface area contributed by atoms with Gasteiger partial charge in [0.1, 0.15) is 17.1 Å². The molecule has 0 aliphatic heterocycles. The van der Waals surface area contributed by atoms with Gasteiger partial charge in [-0.15, -0.1) is 0 Å². The molecule has 33 heavy (non-hydrogen) atoms. The molecule has 1 saturated carbocycles. The van der Waals surface area contributed by atoms with Gasteiger partial charge in [-0.05, 0) is 45.7 Å². The van der Waals surface area contributed by atoms with Crippen LogP contribution >= 0.6 is 0 Å². The molecule has 1 aliphatic carbocycles. The highest BCUT2D eigenvalue weighted by atomic mass is 16.5.